The fourth-order valence-corrected chi connectivity index (χ4v) is 2.47. The molecule has 6 heteroatoms. The summed E-state index contributed by atoms with van der Waals surface area (Å²) in [6.07, 6.45) is 0.191. The molecule has 0 bridgehead atoms. The van der Waals surface area contributed by atoms with Gasteiger partial charge in [0, 0.05) is 18.7 Å². The van der Waals surface area contributed by atoms with Crippen LogP contribution in [0.25, 0.3) is 0 Å². The summed E-state index contributed by atoms with van der Waals surface area (Å²) < 4.78 is 5.29. The lowest BCUT2D eigenvalue weighted by Gasteiger charge is -2.17. The molecular formula is C16H14N2O4. The Kier molecular flexibility index (Phi) is 3.74. The van der Waals surface area contributed by atoms with Gasteiger partial charge in [-0.1, -0.05) is 36.4 Å². The molecule has 2 aromatic carbocycles. The van der Waals surface area contributed by atoms with Crippen LogP contribution in [0.1, 0.15) is 11.1 Å². The molecule has 6 nitrogen and oxygen atoms in total. The normalized spacial score (nSPS) is 12.8. The molecule has 0 spiro atoms. The second-order valence-electron chi connectivity index (χ2n) is 5.01. The number of non-ortho nitro benzene ring substituents is 1. The number of fused-ring (bicyclic) bond motifs is 1. The maximum Gasteiger partial charge on any atom is 0.414 e. The summed E-state index contributed by atoms with van der Waals surface area (Å²) >= 11 is 0. The molecule has 0 saturated carbocycles. The van der Waals surface area contributed by atoms with Crippen molar-refractivity contribution in [3.63, 3.8) is 0 Å². The number of nitro benzene ring substituents is 1. The number of hydrogen-bond acceptors (Lipinski definition) is 4. The standard InChI is InChI=1S/C16H14N2O4/c19-16(22-11-12-4-2-1-3-5-12)17-9-8-13-6-7-14(18(20)21)10-15(13)17/h1-7,10H,8-9,11H2. The number of benzene rings is 2. The first-order valence-corrected chi connectivity index (χ1v) is 6.90. The highest BCUT2D eigenvalue weighted by atomic mass is 16.6. The molecule has 1 aliphatic heterocycles. The summed E-state index contributed by atoms with van der Waals surface area (Å²) in [5, 5.41) is 10.9. The van der Waals surface area contributed by atoms with Gasteiger partial charge in [-0.05, 0) is 17.5 Å². The van der Waals surface area contributed by atoms with Crippen molar-refractivity contribution in [2.75, 3.05) is 11.4 Å². The Morgan fingerprint density at radius 3 is 2.73 bits per heavy atom. The van der Waals surface area contributed by atoms with Crippen LogP contribution in [-0.4, -0.2) is 17.6 Å². The molecule has 1 aliphatic rings. The second-order valence-corrected chi connectivity index (χ2v) is 5.01. The molecule has 0 radical (unpaired) electrons. The van der Waals surface area contributed by atoms with E-state index >= 15 is 0 Å². The van der Waals surface area contributed by atoms with E-state index in [9.17, 15) is 14.9 Å². The SMILES string of the molecule is O=C(OCc1ccccc1)N1CCc2ccc([N+](=O)[O-])cc21. The number of rotatable bonds is 3. The maximum absolute atomic E-state index is 12.2. The zero-order valence-electron chi connectivity index (χ0n) is 11.8. The van der Waals surface area contributed by atoms with Gasteiger partial charge in [-0.15, -0.1) is 0 Å². The molecule has 1 heterocycles. The van der Waals surface area contributed by atoms with Crippen LogP contribution >= 0.6 is 0 Å². The van der Waals surface area contributed by atoms with Crippen LogP contribution in [0.3, 0.4) is 0 Å². The minimum atomic E-state index is -0.483. The Labute approximate surface area is 127 Å². The van der Waals surface area contributed by atoms with Crippen molar-refractivity contribution in [2.24, 2.45) is 0 Å². The van der Waals surface area contributed by atoms with Crippen LogP contribution in [0.2, 0.25) is 0 Å². The van der Waals surface area contributed by atoms with Crippen LogP contribution in [0.4, 0.5) is 16.2 Å². The predicted molar refractivity (Wildman–Crippen MR) is 80.8 cm³/mol. The van der Waals surface area contributed by atoms with Gasteiger partial charge in [0.1, 0.15) is 6.61 Å². The number of nitrogens with zero attached hydrogens (tertiary/aromatic N) is 2. The van der Waals surface area contributed by atoms with Gasteiger partial charge in [-0.3, -0.25) is 15.0 Å². The fourth-order valence-electron chi connectivity index (χ4n) is 2.47. The van der Waals surface area contributed by atoms with E-state index in [2.05, 4.69) is 0 Å². The monoisotopic (exact) mass is 298 g/mol. The first-order valence-electron chi connectivity index (χ1n) is 6.90. The van der Waals surface area contributed by atoms with Crippen LogP contribution in [0, 0.1) is 10.1 Å². The molecule has 0 atom stereocenters. The summed E-state index contributed by atoms with van der Waals surface area (Å²) in [6, 6.07) is 13.9. The fraction of sp³-hybridized carbons (Fsp3) is 0.188. The quantitative estimate of drug-likeness (QED) is 0.644. The second kappa shape index (κ2) is 5.85. The average molecular weight is 298 g/mol. The van der Waals surface area contributed by atoms with Gasteiger partial charge in [0.25, 0.3) is 5.69 Å². The van der Waals surface area contributed by atoms with E-state index < -0.39 is 11.0 Å². The van der Waals surface area contributed by atoms with E-state index in [0.717, 1.165) is 11.1 Å². The summed E-state index contributed by atoms with van der Waals surface area (Å²) in [6.45, 7) is 0.657. The number of anilines is 1. The third-order valence-corrected chi connectivity index (χ3v) is 3.60. The van der Waals surface area contributed by atoms with Gasteiger partial charge in [0.2, 0.25) is 0 Å². The summed E-state index contributed by atoms with van der Waals surface area (Å²) in [5.41, 5.74) is 2.35. The molecule has 0 unspecified atom stereocenters. The highest BCUT2D eigenvalue weighted by Crippen LogP contribution is 2.32. The van der Waals surface area contributed by atoms with Crippen molar-refractivity contribution in [1.82, 2.24) is 0 Å². The molecular weight excluding hydrogens is 284 g/mol. The largest absolute Gasteiger partial charge is 0.444 e. The lowest BCUT2D eigenvalue weighted by atomic mass is 10.1. The highest BCUT2D eigenvalue weighted by Gasteiger charge is 2.27. The molecule has 0 aromatic heterocycles. The maximum atomic E-state index is 12.2. The molecule has 0 saturated heterocycles. The zero-order chi connectivity index (χ0) is 15.5. The van der Waals surface area contributed by atoms with E-state index in [1.165, 1.54) is 17.0 Å². The van der Waals surface area contributed by atoms with Crippen molar-refractivity contribution < 1.29 is 14.5 Å². The Hall–Kier alpha value is -2.89. The molecule has 0 fully saturated rings. The van der Waals surface area contributed by atoms with Crippen LogP contribution in [-0.2, 0) is 17.8 Å². The van der Waals surface area contributed by atoms with Gasteiger partial charge in [0.15, 0.2) is 0 Å². The van der Waals surface area contributed by atoms with Gasteiger partial charge in [0.05, 0.1) is 10.6 Å². The summed E-state index contributed by atoms with van der Waals surface area (Å²) in [5.74, 6) is 0. The zero-order valence-corrected chi connectivity index (χ0v) is 11.8. The third-order valence-electron chi connectivity index (χ3n) is 3.60. The molecule has 22 heavy (non-hydrogen) atoms. The lowest BCUT2D eigenvalue weighted by molar-refractivity contribution is -0.384. The van der Waals surface area contributed by atoms with E-state index in [0.29, 0.717) is 18.7 Å². The first-order chi connectivity index (χ1) is 10.6. The third kappa shape index (κ3) is 2.76. The first kappa shape index (κ1) is 14.1. The van der Waals surface area contributed by atoms with Gasteiger partial charge in [-0.25, -0.2) is 4.79 Å². The molecule has 2 aromatic rings. The minimum Gasteiger partial charge on any atom is -0.444 e. The average Bonchev–Trinajstić information content (AvgIpc) is 2.96. The van der Waals surface area contributed by atoms with Gasteiger partial charge in [-0.2, -0.15) is 0 Å². The van der Waals surface area contributed by atoms with Crippen molar-refractivity contribution in [3.05, 3.63) is 69.8 Å². The number of amides is 1. The van der Waals surface area contributed by atoms with Crippen molar-refractivity contribution in [2.45, 2.75) is 13.0 Å². The number of carbonyl (C=O) groups is 1. The van der Waals surface area contributed by atoms with Crippen LogP contribution in [0.15, 0.2) is 48.5 Å². The van der Waals surface area contributed by atoms with Crippen molar-refractivity contribution in [3.8, 4) is 0 Å². The summed E-state index contributed by atoms with van der Waals surface area (Å²) in [4.78, 5) is 24.0. The highest BCUT2D eigenvalue weighted by molar-refractivity contribution is 5.90. The Balaban J connectivity index is 1.73. The molecule has 0 N–H and O–H groups in total. The van der Waals surface area contributed by atoms with Crippen LogP contribution in [0.5, 0.6) is 0 Å². The molecule has 3 rings (SSSR count). The van der Waals surface area contributed by atoms with E-state index in [1.54, 1.807) is 6.07 Å². The van der Waals surface area contributed by atoms with Crippen molar-refractivity contribution >= 4 is 17.5 Å². The Bertz CT molecular complexity index is 715. The number of nitro groups is 1. The Morgan fingerprint density at radius 1 is 1.23 bits per heavy atom. The number of ether oxygens (including phenoxy) is 1. The number of carbonyl (C=O) groups excluding carboxylic acids is 1. The topological polar surface area (TPSA) is 72.7 Å². The van der Waals surface area contributed by atoms with E-state index in [-0.39, 0.29) is 12.3 Å². The van der Waals surface area contributed by atoms with Gasteiger partial charge >= 0.3 is 6.09 Å². The van der Waals surface area contributed by atoms with E-state index in [1.807, 2.05) is 30.3 Å². The van der Waals surface area contributed by atoms with Gasteiger partial charge < -0.3 is 4.74 Å². The minimum absolute atomic E-state index is 0.0264. The molecule has 0 aliphatic carbocycles. The smallest absolute Gasteiger partial charge is 0.414 e. The Morgan fingerprint density at radius 2 is 2.00 bits per heavy atom. The predicted octanol–water partition coefficient (Wildman–Crippen LogP) is 3.29. The lowest BCUT2D eigenvalue weighted by Crippen LogP contribution is -2.29. The van der Waals surface area contributed by atoms with E-state index in [4.69, 9.17) is 4.74 Å². The number of hydrogen-bond donors (Lipinski definition) is 0. The summed E-state index contributed by atoms with van der Waals surface area (Å²) in [7, 11) is 0. The molecule has 112 valence electrons. The molecule has 1 amide bonds. The van der Waals surface area contributed by atoms with Crippen molar-refractivity contribution in [1.29, 1.82) is 0 Å². The van der Waals surface area contributed by atoms with Crippen LogP contribution < -0.4 is 4.90 Å².